The molecular formula is C12H10ClN3. The summed E-state index contributed by atoms with van der Waals surface area (Å²) >= 11 is 6.02. The van der Waals surface area contributed by atoms with Gasteiger partial charge in [-0.2, -0.15) is 0 Å². The number of aromatic nitrogens is 2. The Labute approximate surface area is 97.6 Å². The van der Waals surface area contributed by atoms with Crippen molar-refractivity contribution in [1.29, 1.82) is 0 Å². The first-order valence-corrected chi connectivity index (χ1v) is 5.40. The molecule has 1 aromatic carbocycles. The van der Waals surface area contributed by atoms with Crippen molar-refractivity contribution in [2.24, 2.45) is 0 Å². The summed E-state index contributed by atoms with van der Waals surface area (Å²) in [5, 5.41) is 3.09. The average Bonchev–Trinajstić information content (AvgIpc) is 2.61. The number of benzene rings is 1. The smallest absolute Gasteiger partial charge is 0.0888 e. The molecule has 0 aliphatic heterocycles. The number of hydrogen-bond acceptors (Lipinski definition) is 2. The molecule has 0 unspecified atom stereocenters. The molecule has 0 aliphatic rings. The minimum Gasteiger partial charge on any atom is -0.328 e. The predicted octanol–water partition coefficient (Wildman–Crippen LogP) is 3.02. The van der Waals surface area contributed by atoms with Gasteiger partial charge in [0.05, 0.1) is 17.2 Å². The van der Waals surface area contributed by atoms with E-state index in [4.69, 9.17) is 11.6 Å². The van der Waals surface area contributed by atoms with E-state index in [0.29, 0.717) is 0 Å². The van der Waals surface area contributed by atoms with Crippen LogP contribution in [0, 0.1) is 0 Å². The van der Waals surface area contributed by atoms with Crippen LogP contribution in [0.15, 0.2) is 36.7 Å². The molecule has 0 amide bonds. The van der Waals surface area contributed by atoms with Gasteiger partial charge >= 0.3 is 0 Å². The maximum atomic E-state index is 6.02. The summed E-state index contributed by atoms with van der Waals surface area (Å²) in [6.07, 6.45) is 3.65. The van der Waals surface area contributed by atoms with Crippen LogP contribution in [0.1, 0.15) is 0 Å². The van der Waals surface area contributed by atoms with Gasteiger partial charge in [0.15, 0.2) is 0 Å². The molecule has 0 aliphatic carbocycles. The van der Waals surface area contributed by atoms with Gasteiger partial charge in [0.1, 0.15) is 0 Å². The molecule has 0 spiro atoms. The molecule has 0 fully saturated rings. The summed E-state index contributed by atoms with van der Waals surface area (Å²) in [5.41, 5.74) is 5.26. The van der Waals surface area contributed by atoms with Gasteiger partial charge < -0.3 is 5.43 Å². The Hall–Kier alpha value is -1.74. The summed E-state index contributed by atoms with van der Waals surface area (Å²) in [5.74, 6) is 0. The lowest BCUT2D eigenvalue weighted by molar-refractivity contribution is 1.01. The highest BCUT2D eigenvalue weighted by Crippen LogP contribution is 2.29. The summed E-state index contributed by atoms with van der Waals surface area (Å²) in [4.78, 5) is 4.15. The molecule has 1 N–H and O–H groups in total. The van der Waals surface area contributed by atoms with Crippen molar-refractivity contribution in [2.75, 3.05) is 12.5 Å². The summed E-state index contributed by atoms with van der Waals surface area (Å²) in [6, 6.07) is 7.91. The lowest BCUT2D eigenvalue weighted by atomic mass is 10.2. The van der Waals surface area contributed by atoms with Gasteiger partial charge in [0, 0.05) is 29.0 Å². The standard InChI is InChI=1S/C12H10ClN3/c1-14-16-11-6-8(13)2-3-9(11)10-4-5-15-7-12(10)16/h2-7,14H,1H3. The predicted molar refractivity (Wildman–Crippen MR) is 67.5 cm³/mol. The lowest BCUT2D eigenvalue weighted by Crippen LogP contribution is -2.07. The third kappa shape index (κ3) is 1.18. The van der Waals surface area contributed by atoms with Crippen LogP contribution in [0.2, 0.25) is 5.02 Å². The highest BCUT2D eigenvalue weighted by molar-refractivity contribution is 6.31. The first kappa shape index (κ1) is 9.48. The summed E-state index contributed by atoms with van der Waals surface area (Å²) < 4.78 is 1.99. The van der Waals surface area contributed by atoms with Crippen LogP contribution in [0.25, 0.3) is 21.8 Å². The Bertz CT molecular complexity index is 672. The number of nitrogens with one attached hydrogen (secondary N) is 1. The van der Waals surface area contributed by atoms with Crippen LogP contribution in [-0.2, 0) is 0 Å². The van der Waals surface area contributed by atoms with E-state index in [1.54, 1.807) is 6.20 Å². The fourth-order valence-electron chi connectivity index (χ4n) is 2.08. The van der Waals surface area contributed by atoms with Crippen molar-refractivity contribution < 1.29 is 0 Å². The van der Waals surface area contributed by atoms with Crippen LogP contribution in [-0.4, -0.2) is 16.7 Å². The monoisotopic (exact) mass is 231 g/mol. The molecule has 2 heterocycles. The molecule has 3 rings (SSSR count). The molecule has 0 saturated carbocycles. The van der Waals surface area contributed by atoms with E-state index < -0.39 is 0 Å². The maximum Gasteiger partial charge on any atom is 0.0888 e. The highest BCUT2D eigenvalue weighted by Gasteiger charge is 2.09. The minimum absolute atomic E-state index is 0.736. The molecule has 0 bridgehead atoms. The normalized spacial score (nSPS) is 11.1. The van der Waals surface area contributed by atoms with Crippen LogP contribution in [0.5, 0.6) is 0 Å². The lowest BCUT2D eigenvalue weighted by Gasteiger charge is -2.04. The van der Waals surface area contributed by atoms with E-state index >= 15 is 0 Å². The Morgan fingerprint density at radius 3 is 2.81 bits per heavy atom. The van der Waals surface area contributed by atoms with Crippen molar-refractivity contribution >= 4 is 33.4 Å². The Kier molecular flexibility index (Phi) is 2.01. The molecule has 0 radical (unpaired) electrons. The van der Waals surface area contributed by atoms with Crippen molar-refractivity contribution in [3.8, 4) is 0 Å². The number of halogens is 1. The van der Waals surface area contributed by atoms with Gasteiger partial charge in [-0.25, -0.2) is 0 Å². The van der Waals surface area contributed by atoms with Gasteiger partial charge in [-0.15, -0.1) is 0 Å². The number of nitrogens with zero attached hydrogens (tertiary/aromatic N) is 2. The molecule has 16 heavy (non-hydrogen) atoms. The number of hydrogen-bond donors (Lipinski definition) is 1. The largest absolute Gasteiger partial charge is 0.328 e. The van der Waals surface area contributed by atoms with E-state index in [-0.39, 0.29) is 0 Å². The third-order valence-electron chi connectivity index (χ3n) is 2.76. The van der Waals surface area contributed by atoms with Gasteiger partial charge in [-0.05, 0) is 18.2 Å². The number of rotatable bonds is 1. The zero-order valence-electron chi connectivity index (χ0n) is 8.74. The van der Waals surface area contributed by atoms with Gasteiger partial charge in [-0.3, -0.25) is 9.66 Å². The third-order valence-corrected chi connectivity index (χ3v) is 2.99. The Morgan fingerprint density at radius 1 is 1.19 bits per heavy atom. The molecule has 0 atom stereocenters. The Balaban J connectivity index is 2.58. The summed E-state index contributed by atoms with van der Waals surface area (Å²) in [6.45, 7) is 0. The average molecular weight is 232 g/mol. The van der Waals surface area contributed by atoms with Crippen molar-refractivity contribution in [3.63, 3.8) is 0 Å². The first-order valence-electron chi connectivity index (χ1n) is 5.02. The van der Waals surface area contributed by atoms with Crippen LogP contribution in [0.3, 0.4) is 0 Å². The Morgan fingerprint density at radius 2 is 2.00 bits per heavy atom. The molecule has 0 saturated heterocycles. The van der Waals surface area contributed by atoms with Crippen molar-refractivity contribution in [3.05, 3.63) is 41.7 Å². The van der Waals surface area contributed by atoms with Crippen molar-refractivity contribution in [2.45, 2.75) is 0 Å². The highest BCUT2D eigenvalue weighted by atomic mass is 35.5. The van der Waals surface area contributed by atoms with Gasteiger partial charge in [0.25, 0.3) is 0 Å². The molecule has 3 nitrogen and oxygen atoms in total. The fourth-order valence-corrected chi connectivity index (χ4v) is 2.25. The second-order valence-electron chi connectivity index (χ2n) is 3.61. The van der Waals surface area contributed by atoms with E-state index in [1.807, 2.05) is 42.2 Å². The first-order chi connectivity index (χ1) is 7.81. The zero-order valence-corrected chi connectivity index (χ0v) is 9.49. The van der Waals surface area contributed by atoms with Crippen LogP contribution in [0.4, 0.5) is 0 Å². The van der Waals surface area contributed by atoms with Crippen molar-refractivity contribution in [1.82, 2.24) is 9.66 Å². The second kappa shape index (κ2) is 3.39. The topological polar surface area (TPSA) is 29.9 Å². The quantitative estimate of drug-likeness (QED) is 0.698. The number of pyridine rings is 1. The molecular weight excluding hydrogens is 222 g/mol. The van der Waals surface area contributed by atoms with Crippen LogP contribution >= 0.6 is 11.6 Å². The molecule has 4 heteroatoms. The van der Waals surface area contributed by atoms with Gasteiger partial charge in [-0.1, -0.05) is 17.7 Å². The maximum absolute atomic E-state index is 6.02. The molecule has 3 aromatic rings. The molecule has 80 valence electrons. The minimum atomic E-state index is 0.736. The van der Waals surface area contributed by atoms with Crippen LogP contribution < -0.4 is 5.43 Å². The van der Waals surface area contributed by atoms with Gasteiger partial charge in [0.2, 0.25) is 0 Å². The molecule has 2 aromatic heterocycles. The number of fused-ring (bicyclic) bond motifs is 3. The second-order valence-corrected chi connectivity index (χ2v) is 4.05. The zero-order chi connectivity index (χ0) is 11.1. The van der Waals surface area contributed by atoms with E-state index in [0.717, 1.165) is 16.1 Å². The van der Waals surface area contributed by atoms with E-state index in [9.17, 15) is 0 Å². The van der Waals surface area contributed by atoms with E-state index in [1.165, 1.54) is 10.8 Å². The fraction of sp³-hybridized carbons (Fsp3) is 0.0833. The SMILES string of the molecule is CNn1c2cnccc2c2ccc(Cl)cc21. The van der Waals surface area contributed by atoms with E-state index in [2.05, 4.69) is 10.4 Å². The summed E-state index contributed by atoms with van der Waals surface area (Å²) in [7, 11) is 1.88.